The Kier molecular flexibility index (Phi) is 2.68. The number of nitrogens with zero attached hydrogens (tertiary/aromatic N) is 2. The smallest absolute Gasteiger partial charge is 0.292 e. The van der Waals surface area contributed by atoms with Crippen LogP contribution in [0.2, 0.25) is 0 Å². The van der Waals surface area contributed by atoms with Gasteiger partial charge in [-0.1, -0.05) is 5.92 Å². The Balaban J connectivity index is 3.14. The quantitative estimate of drug-likeness (QED) is 0.308. The topological polar surface area (TPSA) is 92.9 Å². The van der Waals surface area contributed by atoms with Gasteiger partial charge < -0.3 is 5.73 Å². The third kappa shape index (κ3) is 1.99. The number of nitrogen functional groups attached to an aromatic ring is 1. The Morgan fingerprint density at radius 2 is 2.21 bits per heavy atom. The van der Waals surface area contributed by atoms with Crippen LogP contribution in [-0.2, 0) is 0 Å². The van der Waals surface area contributed by atoms with E-state index >= 15 is 0 Å². The monoisotopic (exact) mass is 187 g/mol. The van der Waals surface area contributed by atoms with Crippen LogP contribution in [0.1, 0.15) is 5.56 Å². The molecule has 1 aromatic rings. The number of benzene rings is 1. The first kappa shape index (κ1) is 9.56. The van der Waals surface area contributed by atoms with Gasteiger partial charge in [-0.2, -0.15) is 5.26 Å². The molecule has 0 saturated heterocycles. The number of nitrogens with two attached hydrogens (primary N) is 1. The van der Waals surface area contributed by atoms with E-state index in [1.165, 1.54) is 18.2 Å². The van der Waals surface area contributed by atoms with Crippen LogP contribution in [0.3, 0.4) is 0 Å². The first-order valence-corrected chi connectivity index (χ1v) is 3.59. The summed E-state index contributed by atoms with van der Waals surface area (Å²) < 4.78 is 0. The highest BCUT2D eigenvalue weighted by Crippen LogP contribution is 2.21. The Bertz CT molecular complexity index is 477. The molecule has 0 atom stereocenters. The summed E-state index contributed by atoms with van der Waals surface area (Å²) in [5, 5.41) is 18.6. The molecule has 5 heteroatoms. The predicted molar refractivity (Wildman–Crippen MR) is 50.0 cm³/mol. The van der Waals surface area contributed by atoms with Gasteiger partial charge in [-0.15, -0.1) is 0 Å². The van der Waals surface area contributed by atoms with E-state index in [0.29, 0.717) is 5.56 Å². The second kappa shape index (κ2) is 3.92. The van der Waals surface area contributed by atoms with E-state index in [0.717, 1.165) is 0 Å². The van der Waals surface area contributed by atoms with Crippen LogP contribution in [0.15, 0.2) is 18.2 Å². The fourth-order valence-corrected chi connectivity index (χ4v) is 0.899. The number of hydrogen-bond donors (Lipinski definition) is 1. The molecule has 0 aliphatic heterocycles. The molecule has 0 unspecified atom stereocenters. The van der Waals surface area contributed by atoms with Gasteiger partial charge in [-0.25, -0.2) is 0 Å². The van der Waals surface area contributed by atoms with Crippen LogP contribution in [-0.4, -0.2) is 4.92 Å². The van der Waals surface area contributed by atoms with E-state index < -0.39 is 4.92 Å². The van der Waals surface area contributed by atoms with Gasteiger partial charge in [0.15, 0.2) is 6.07 Å². The average Bonchev–Trinajstić information content (AvgIpc) is 2.14. The second-order valence-corrected chi connectivity index (χ2v) is 2.39. The maximum Gasteiger partial charge on any atom is 0.292 e. The molecule has 0 aromatic heterocycles. The van der Waals surface area contributed by atoms with Crippen molar-refractivity contribution < 1.29 is 4.92 Å². The first-order chi connectivity index (χ1) is 6.65. The van der Waals surface area contributed by atoms with Gasteiger partial charge in [0.05, 0.1) is 4.92 Å². The summed E-state index contributed by atoms with van der Waals surface area (Å²) in [5.74, 6) is 4.66. The molecule has 0 bridgehead atoms. The third-order valence-electron chi connectivity index (χ3n) is 1.49. The summed E-state index contributed by atoms with van der Waals surface area (Å²) in [6.07, 6.45) is 0. The lowest BCUT2D eigenvalue weighted by atomic mass is 10.2. The molecule has 0 aliphatic carbocycles. The molecule has 0 saturated carbocycles. The number of nitriles is 1. The third-order valence-corrected chi connectivity index (χ3v) is 1.49. The van der Waals surface area contributed by atoms with Crippen molar-refractivity contribution in [2.75, 3.05) is 5.73 Å². The molecule has 0 spiro atoms. The van der Waals surface area contributed by atoms with Gasteiger partial charge in [-0.3, -0.25) is 10.1 Å². The van der Waals surface area contributed by atoms with Crippen LogP contribution in [0.5, 0.6) is 0 Å². The van der Waals surface area contributed by atoms with Crippen molar-refractivity contribution >= 4 is 11.4 Å². The fraction of sp³-hybridized carbons (Fsp3) is 0. The first-order valence-electron chi connectivity index (χ1n) is 3.59. The molecule has 2 N–H and O–H groups in total. The molecule has 1 rings (SSSR count). The van der Waals surface area contributed by atoms with Crippen LogP contribution in [0.25, 0.3) is 0 Å². The standard InChI is InChI=1S/C9H5N3O2/c10-5-1-2-7-3-4-9(12(13)14)8(11)6-7/h3-4,6H,11H2. The van der Waals surface area contributed by atoms with Crippen LogP contribution in [0, 0.1) is 33.3 Å². The molecule has 1 aromatic carbocycles. The zero-order valence-electron chi connectivity index (χ0n) is 7.02. The highest BCUT2D eigenvalue weighted by Gasteiger charge is 2.09. The number of nitro groups is 1. The largest absolute Gasteiger partial charge is 0.393 e. The summed E-state index contributed by atoms with van der Waals surface area (Å²) in [4.78, 5) is 9.81. The molecule has 68 valence electrons. The lowest BCUT2D eigenvalue weighted by Gasteiger charge is -1.96. The number of rotatable bonds is 1. The average molecular weight is 187 g/mol. The van der Waals surface area contributed by atoms with Crippen molar-refractivity contribution in [2.45, 2.75) is 0 Å². The second-order valence-electron chi connectivity index (χ2n) is 2.39. The number of hydrogen-bond acceptors (Lipinski definition) is 4. The van der Waals surface area contributed by atoms with Gasteiger partial charge in [0.1, 0.15) is 5.69 Å². The highest BCUT2D eigenvalue weighted by atomic mass is 16.6. The van der Waals surface area contributed by atoms with E-state index in [1.54, 1.807) is 6.07 Å². The number of nitro benzene ring substituents is 1. The maximum absolute atomic E-state index is 10.4. The van der Waals surface area contributed by atoms with Crippen molar-refractivity contribution in [3.63, 3.8) is 0 Å². The minimum absolute atomic E-state index is 0.0414. The Hall–Kier alpha value is -2.53. The fourth-order valence-electron chi connectivity index (χ4n) is 0.899. The minimum Gasteiger partial charge on any atom is -0.393 e. The van der Waals surface area contributed by atoms with Crippen molar-refractivity contribution in [1.82, 2.24) is 0 Å². The van der Waals surface area contributed by atoms with E-state index in [1.807, 2.05) is 0 Å². The van der Waals surface area contributed by atoms with Gasteiger partial charge in [0, 0.05) is 17.6 Å². The summed E-state index contributed by atoms with van der Waals surface area (Å²) in [7, 11) is 0. The van der Waals surface area contributed by atoms with Crippen LogP contribution < -0.4 is 5.73 Å². The lowest BCUT2D eigenvalue weighted by molar-refractivity contribution is -0.383. The van der Waals surface area contributed by atoms with Crippen molar-refractivity contribution in [2.24, 2.45) is 0 Å². The Labute approximate surface area is 79.9 Å². The van der Waals surface area contributed by atoms with Gasteiger partial charge >= 0.3 is 0 Å². The molecule has 0 aliphatic rings. The van der Waals surface area contributed by atoms with Crippen molar-refractivity contribution in [1.29, 1.82) is 5.26 Å². The molecule has 0 amide bonds. The SMILES string of the molecule is N#CC#Cc1ccc([N+](=O)[O-])c(N)c1. The van der Waals surface area contributed by atoms with E-state index in [2.05, 4.69) is 11.8 Å². The zero-order chi connectivity index (χ0) is 10.6. The predicted octanol–water partition coefficient (Wildman–Crippen LogP) is 1.05. The van der Waals surface area contributed by atoms with Crippen LogP contribution in [0.4, 0.5) is 11.4 Å². The summed E-state index contributed by atoms with van der Waals surface area (Å²) in [5.41, 5.74) is 5.76. The summed E-state index contributed by atoms with van der Waals surface area (Å²) in [6, 6.07) is 5.70. The molecular formula is C9H5N3O2. The van der Waals surface area contributed by atoms with Gasteiger partial charge in [-0.05, 0) is 12.1 Å². The molecule has 14 heavy (non-hydrogen) atoms. The normalized spacial score (nSPS) is 8.21. The molecular weight excluding hydrogens is 182 g/mol. The van der Waals surface area contributed by atoms with Gasteiger partial charge in [0.25, 0.3) is 5.69 Å². The zero-order valence-corrected chi connectivity index (χ0v) is 7.02. The van der Waals surface area contributed by atoms with Crippen molar-refractivity contribution in [3.8, 4) is 17.9 Å². The Morgan fingerprint density at radius 3 is 2.71 bits per heavy atom. The molecule has 0 radical (unpaired) electrons. The maximum atomic E-state index is 10.4. The minimum atomic E-state index is -0.573. The van der Waals surface area contributed by atoms with E-state index in [4.69, 9.17) is 11.0 Å². The molecule has 0 fully saturated rings. The Morgan fingerprint density at radius 1 is 1.50 bits per heavy atom. The van der Waals surface area contributed by atoms with Crippen molar-refractivity contribution in [3.05, 3.63) is 33.9 Å². The molecule has 0 heterocycles. The number of anilines is 1. The van der Waals surface area contributed by atoms with Gasteiger partial charge in [0.2, 0.25) is 0 Å². The highest BCUT2D eigenvalue weighted by molar-refractivity contribution is 5.61. The van der Waals surface area contributed by atoms with E-state index in [9.17, 15) is 10.1 Å². The molecule has 5 nitrogen and oxygen atoms in total. The van der Waals surface area contributed by atoms with Crippen LogP contribution >= 0.6 is 0 Å². The lowest BCUT2D eigenvalue weighted by Crippen LogP contribution is -1.95. The van der Waals surface area contributed by atoms with E-state index in [-0.39, 0.29) is 11.4 Å². The summed E-state index contributed by atoms with van der Waals surface area (Å²) in [6.45, 7) is 0. The summed E-state index contributed by atoms with van der Waals surface area (Å²) >= 11 is 0.